The van der Waals surface area contributed by atoms with Gasteiger partial charge in [0, 0.05) is 15.6 Å². The van der Waals surface area contributed by atoms with Gasteiger partial charge in [0.2, 0.25) is 5.91 Å². The number of benzene rings is 1. The third-order valence-corrected chi connectivity index (χ3v) is 2.96. The van der Waals surface area contributed by atoms with Crippen molar-refractivity contribution in [1.29, 1.82) is 0 Å². The summed E-state index contributed by atoms with van der Waals surface area (Å²) in [5.74, 6) is -0.243. The van der Waals surface area contributed by atoms with Gasteiger partial charge >= 0.3 is 0 Å². The molecule has 0 fully saturated rings. The SMILES string of the molecule is CC(C)(C)NC(=S)NNC(=O)Cc1ccc(Cl)cc1Cl. The third-order valence-electron chi connectivity index (χ3n) is 2.17. The highest BCUT2D eigenvalue weighted by Gasteiger charge is 2.12. The van der Waals surface area contributed by atoms with E-state index < -0.39 is 0 Å². The first kappa shape index (κ1) is 17.0. The zero-order valence-corrected chi connectivity index (χ0v) is 13.8. The molecule has 0 aliphatic carbocycles. The summed E-state index contributed by atoms with van der Waals surface area (Å²) in [5, 5.41) is 4.37. The van der Waals surface area contributed by atoms with Crippen LogP contribution < -0.4 is 16.2 Å². The fourth-order valence-corrected chi connectivity index (χ4v) is 2.21. The lowest BCUT2D eigenvalue weighted by Crippen LogP contribution is -2.52. The van der Waals surface area contributed by atoms with Crippen molar-refractivity contribution >= 4 is 46.4 Å². The molecular formula is C13H17Cl2N3OS. The zero-order valence-electron chi connectivity index (χ0n) is 11.5. The maximum Gasteiger partial charge on any atom is 0.242 e. The summed E-state index contributed by atoms with van der Waals surface area (Å²) in [6.07, 6.45) is 0.140. The standard InChI is InChI=1S/C13H17Cl2N3OS/c1-13(2,3)16-12(20)18-17-11(19)6-8-4-5-9(14)7-10(8)15/h4-5,7H,6H2,1-3H3,(H,17,19)(H2,16,18,20). The minimum atomic E-state index is -0.243. The number of rotatable bonds is 2. The van der Waals surface area contributed by atoms with Gasteiger partial charge in [-0.3, -0.25) is 15.6 Å². The Labute approximate surface area is 134 Å². The molecule has 0 saturated heterocycles. The second-order valence-corrected chi connectivity index (χ2v) is 6.54. The van der Waals surface area contributed by atoms with Crippen LogP contribution in [0.5, 0.6) is 0 Å². The molecule has 0 atom stereocenters. The Morgan fingerprint density at radius 1 is 1.25 bits per heavy atom. The van der Waals surface area contributed by atoms with E-state index in [1.54, 1.807) is 18.2 Å². The van der Waals surface area contributed by atoms with Crippen molar-refractivity contribution in [3.05, 3.63) is 33.8 Å². The van der Waals surface area contributed by atoms with Crippen LogP contribution in [0.2, 0.25) is 10.0 Å². The van der Waals surface area contributed by atoms with Gasteiger partial charge in [-0.05, 0) is 50.7 Å². The Balaban J connectivity index is 2.46. The zero-order chi connectivity index (χ0) is 15.3. The molecule has 0 aliphatic heterocycles. The number of halogens is 2. The monoisotopic (exact) mass is 333 g/mol. The third kappa shape index (κ3) is 6.41. The molecule has 20 heavy (non-hydrogen) atoms. The fraction of sp³-hybridized carbons (Fsp3) is 0.385. The summed E-state index contributed by atoms with van der Waals surface area (Å²) in [7, 11) is 0. The molecule has 0 radical (unpaired) electrons. The van der Waals surface area contributed by atoms with Crippen molar-refractivity contribution in [1.82, 2.24) is 16.2 Å². The Bertz CT molecular complexity index is 515. The van der Waals surface area contributed by atoms with Crippen LogP contribution in [0.4, 0.5) is 0 Å². The molecule has 0 heterocycles. The van der Waals surface area contributed by atoms with Gasteiger partial charge in [0.15, 0.2) is 5.11 Å². The topological polar surface area (TPSA) is 53.2 Å². The lowest BCUT2D eigenvalue weighted by molar-refractivity contribution is -0.121. The first-order valence-electron chi connectivity index (χ1n) is 5.98. The van der Waals surface area contributed by atoms with Crippen molar-refractivity contribution in [3.63, 3.8) is 0 Å². The molecule has 0 aliphatic rings. The number of carbonyl (C=O) groups is 1. The van der Waals surface area contributed by atoms with E-state index in [0.717, 1.165) is 0 Å². The van der Waals surface area contributed by atoms with Crippen LogP contribution in [0.1, 0.15) is 26.3 Å². The molecule has 0 unspecified atom stereocenters. The second kappa shape index (κ2) is 7.11. The number of hydrazine groups is 1. The minimum Gasteiger partial charge on any atom is -0.357 e. The second-order valence-electron chi connectivity index (χ2n) is 5.29. The van der Waals surface area contributed by atoms with Crippen LogP contribution in [-0.4, -0.2) is 16.6 Å². The van der Waals surface area contributed by atoms with Gasteiger partial charge in [-0.1, -0.05) is 29.3 Å². The van der Waals surface area contributed by atoms with Crippen LogP contribution in [0.3, 0.4) is 0 Å². The summed E-state index contributed by atoms with van der Waals surface area (Å²) >= 11 is 16.8. The number of nitrogens with one attached hydrogen (secondary N) is 3. The average Bonchev–Trinajstić information content (AvgIpc) is 2.28. The molecule has 110 valence electrons. The van der Waals surface area contributed by atoms with E-state index >= 15 is 0 Å². The highest BCUT2D eigenvalue weighted by molar-refractivity contribution is 7.80. The molecule has 7 heteroatoms. The molecule has 1 aromatic rings. The van der Waals surface area contributed by atoms with Gasteiger partial charge in [0.05, 0.1) is 6.42 Å². The predicted octanol–water partition coefficient (Wildman–Crippen LogP) is 2.83. The molecule has 0 aromatic heterocycles. The first-order valence-corrected chi connectivity index (χ1v) is 7.15. The molecule has 3 N–H and O–H groups in total. The Morgan fingerprint density at radius 2 is 1.90 bits per heavy atom. The predicted molar refractivity (Wildman–Crippen MR) is 86.9 cm³/mol. The summed E-state index contributed by atoms with van der Waals surface area (Å²) in [5.41, 5.74) is 5.68. The molecule has 1 amide bonds. The highest BCUT2D eigenvalue weighted by Crippen LogP contribution is 2.21. The molecular weight excluding hydrogens is 317 g/mol. The Kier molecular flexibility index (Phi) is 6.05. The number of carbonyl (C=O) groups excluding carboxylic acids is 1. The maximum absolute atomic E-state index is 11.8. The number of amides is 1. The first-order chi connectivity index (χ1) is 9.17. The van der Waals surface area contributed by atoms with E-state index in [1.165, 1.54) is 0 Å². The van der Waals surface area contributed by atoms with E-state index in [2.05, 4.69) is 16.2 Å². The molecule has 4 nitrogen and oxygen atoms in total. The number of hydrogen-bond acceptors (Lipinski definition) is 2. The van der Waals surface area contributed by atoms with Gasteiger partial charge in [0.1, 0.15) is 0 Å². The number of hydrogen-bond donors (Lipinski definition) is 3. The molecule has 0 saturated carbocycles. The van der Waals surface area contributed by atoms with Crippen molar-refractivity contribution in [2.45, 2.75) is 32.7 Å². The normalized spacial score (nSPS) is 10.8. The van der Waals surface area contributed by atoms with Crippen LogP contribution in [-0.2, 0) is 11.2 Å². The maximum atomic E-state index is 11.8. The molecule has 0 spiro atoms. The van der Waals surface area contributed by atoms with Crippen molar-refractivity contribution in [3.8, 4) is 0 Å². The van der Waals surface area contributed by atoms with E-state index in [9.17, 15) is 4.79 Å². The van der Waals surface area contributed by atoms with Gasteiger partial charge in [-0.2, -0.15) is 0 Å². The molecule has 0 bridgehead atoms. The van der Waals surface area contributed by atoms with E-state index in [1.807, 2.05) is 20.8 Å². The summed E-state index contributed by atoms with van der Waals surface area (Å²) in [6, 6.07) is 5.01. The van der Waals surface area contributed by atoms with Crippen LogP contribution in [0.25, 0.3) is 0 Å². The smallest absolute Gasteiger partial charge is 0.242 e. The van der Waals surface area contributed by atoms with E-state index in [4.69, 9.17) is 35.4 Å². The van der Waals surface area contributed by atoms with Gasteiger partial charge in [-0.25, -0.2) is 0 Å². The lowest BCUT2D eigenvalue weighted by atomic mass is 10.1. The van der Waals surface area contributed by atoms with Gasteiger partial charge < -0.3 is 5.32 Å². The highest BCUT2D eigenvalue weighted by atomic mass is 35.5. The van der Waals surface area contributed by atoms with Crippen molar-refractivity contribution in [2.75, 3.05) is 0 Å². The number of thiocarbonyl (C=S) groups is 1. The van der Waals surface area contributed by atoms with Crippen LogP contribution >= 0.6 is 35.4 Å². The largest absolute Gasteiger partial charge is 0.357 e. The lowest BCUT2D eigenvalue weighted by Gasteiger charge is -2.23. The Hall–Kier alpha value is -1.04. The summed E-state index contributed by atoms with van der Waals surface area (Å²) in [4.78, 5) is 11.8. The minimum absolute atomic E-state index is 0.140. The average molecular weight is 334 g/mol. The van der Waals surface area contributed by atoms with Crippen LogP contribution in [0.15, 0.2) is 18.2 Å². The van der Waals surface area contributed by atoms with Crippen molar-refractivity contribution in [2.24, 2.45) is 0 Å². The van der Waals surface area contributed by atoms with Gasteiger partial charge in [0.25, 0.3) is 0 Å². The Morgan fingerprint density at radius 3 is 2.45 bits per heavy atom. The van der Waals surface area contributed by atoms with Gasteiger partial charge in [-0.15, -0.1) is 0 Å². The fourth-order valence-electron chi connectivity index (χ4n) is 1.38. The summed E-state index contributed by atoms with van der Waals surface area (Å²) < 4.78 is 0. The summed E-state index contributed by atoms with van der Waals surface area (Å²) in [6.45, 7) is 5.91. The van der Waals surface area contributed by atoms with Crippen molar-refractivity contribution < 1.29 is 4.79 Å². The quantitative estimate of drug-likeness (QED) is 0.575. The molecule has 1 rings (SSSR count). The van der Waals surface area contributed by atoms with E-state index in [0.29, 0.717) is 20.7 Å². The molecule has 1 aromatic carbocycles. The van der Waals surface area contributed by atoms with Crippen LogP contribution in [0, 0.1) is 0 Å². The van der Waals surface area contributed by atoms with E-state index in [-0.39, 0.29) is 17.9 Å².